The van der Waals surface area contributed by atoms with Crippen LogP contribution < -0.4 is 5.32 Å². The summed E-state index contributed by atoms with van der Waals surface area (Å²) >= 11 is 0. The molecule has 0 atom stereocenters. The summed E-state index contributed by atoms with van der Waals surface area (Å²) in [6, 6.07) is 13.8. The van der Waals surface area contributed by atoms with Crippen molar-refractivity contribution in [3.63, 3.8) is 0 Å². The van der Waals surface area contributed by atoms with E-state index >= 15 is 0 Å². The molecule has 0 saturated carbocycles. The first-order valence-electron chi connectivity index (χ1n) is 11.3. The van der Waals surface area contributed by atoms with Crippen LogP contribution in [-0.4, -0.2) is 32.2 Å². The molecular formula is C26H30N6O. The summed E-state index contributed by atoms with van der Waals surface area (Å²) in [6.45, 7) is 12.5. The number of benzene rings is 2. The van der Waals surface area contributed by atoms with Crippen molar-refractivity contribution in [2.45, 2.75) is 54.4 Å². The van der Waals surface area contributed by atoms with Crippen LogP contribution in [0, 0.1) is 19.3 Å². The summed E-state index contributed by atoms with van der Waals surface area (Å²) in [6.07, 6.45) is 1.32. The first-order valence-corrected chi connectivity index (χ1v) is 11.3. The second-order valence-corrected chi connectivity index (χ2v) is 9.47. The van der Waals surface area contributed by atoms with Crippen molar-refractivity contribution in [2.24, 2.45) is 15.5 Å². The van der Waals surface area contributed by atoms with E-state index in [1.54, 1.807) is 4.79 Å². The summed E-state index contributed by atoms with van der Waals surface area (Å²) in [5.74, 6) is 1.22. The number of aryl methyl sites for hydroxylation is 2. The van der Waals surface area contributed by atoms with E-state index in [2.05, 4.69) is 57.2 Å². The molecule has 33 heavy (non-hydrogen) atoms. The molecule has 3 aromatic rings. The van der Waals surface area contributed by atoms with Crippen molar-refractivity contribution in [1.29, 1.82) is 0 Å². The molecule has 2 aromatic carbocycles. The van der Waals surface area contributed by atoms with E-state index < -0.39 is 0 Å². The van der Waals surface area contributed by atoms with Gasteiger partial charge in [-0.2, -0.15) is 5.10 Å². The molecule has 0 unspecified atom stereocenters. The molecule has 0 saturated heterocycles. The van der Waals surface area contributed by atoms with Crippen molar-refractivity contribution in [3.05, 3.63) is 59.4 Å². The molecule has 7 nitrogen and oxygen atoms in total. The summed E-state index contributed by atoms with van der Waals surface area (Å²) in [4.78, 5) is 23.2. The van der Waals surface area contributed by atoms with Crippen molar-refractivity contribution in [2.75, 3.05) is 5.32 Å². The van der Waals surface area contributed by atoms with Gasteiger partial charge in [0.15, 0.2) is 5.82 Å². The molecule has 1 aliphatic heterocycles. The SMILES string of the molecule is CCCC(=O)Nc1ccc(-c2nc3n(n2)N=C(C(C)(C)C)C3=Nc2ccc(C)cc2C)cc1. The van der Waals surface area contributed by atoms with Crippen LogP contribution in [-0.2, 0) is 4.79 Å². The van der Waals surface area contributed by atoms with Crippen LogP contribution in [0.4, 0.5) is 11.4 Å². The van der Waals surface area contributed by atoms with Crippen LogP contribution >= 0.6 is 0 Å². The number of fused-ring (bicyclic) bond motifs is 1. The zero-order valence-corrected chi connectivity index (χ0v) is 20.1. The first-order chi connectivity index (χ1) is 15.7. The van der Waals surface area contributed by atoms with Crippen molar-refractivity contribution < 1.29 is 4.79 Å². The molecule has 0 spiro atoms. The number of aliphatic imine (C=N–C) groups is 1. The number of amides is 1. The van der Waals surface area contributed by atoms with Crippen LogP contribution in [0.25, 0.3) is 11.4 Å². The zero-order chi connectivity index (χ0) is 23.8. The number of carbonyl (C=O) groups is 1. The fourth-order valence-corrected chi connectivity index (χ4v) is 3.70. The topological polar surface area (TPSA) is 84.5 Å². The minimum Gasteiger partial charge on any atom is -0.326 e. The highest BCUT2D eigenvalue weighted by molar-refractivity contribution is 6.50. The molecule has 2 heterocycles. The normalized spacial score (nSPS) is 14.4. The summed E-state index contributed by atoms with van der Waals surface area (Å²) in [7, 11) is 0. The maximum atomic E-state index is 11.8. The van der Waals surface area contributed by atoms with Crippen molar-refractivity contribution >= 4 is 28.7 Å². The van der Waals surface area contributed by atoms with Gasteiger partial charge in [-0.3, -0.25) is 4.79 Å². The third kappa shape index (κ3) is 4.77. The number of rotatable bonds is 5. The predicted octanol–water partition coefficient (Wildman–Crippen LogP) is 5.69. The fraction of sp³-hybridized carbons (Fsp3) is 0.346. The smallest absolute Gasteiger partial charge is 0.224 e. The number of nitrogens with one attached hydrogen (secondary N) is 1. The van der Waals surface area contributed by atoms with Crippen LogP contribution in [0.2, 0.25) is 0 Å². The Balaban J connectivity index is 1.70. The summed E-state index contributed by atoms with van der Waals surface area (Å²) < 4.78 is 0. The Bertz CT molecular complexity index is 1260. The highest BCUT2D eigenvalue weighted by Gasteiger charge is 2.35. The van der Waals surface area contributed by atoms with Crippen LogP contribution in [0.1, 0.15) is 57.5 Å². The quantitative estimate of drug-likeness (QED) is 0.551. The second kappa shape index (κ2) is 8.73. The number of hydrogen-bond donors (Lipinski definition) is 1. The minimum atomic E-state index is -0.210. The highest BCUT2D eigenvalue weighted by Crippen LogP contribution is 2.29. The second-order valence-electron chi connectivity index (χ2n) is 9.47. The highest BCUT2D eigenvalue weighted by atomic mass is 16.1. The number of nitrogens with zero attached hydrogens (tertiary/aromatic N) is 5. The van der Waals surface area contributed by atoms with E-state index in [0.29, 0.717) is 18.1 Å². The van der Waals surface area contributed by atoms with Gasteiger partial charge in [-0.1, -0.05) is 45.4 Å². The Kier molecular flexibility index (Phi) is 5.97. The molecule has 0 aliphatic carbocycles. The predicted molar refractivity (Wildman–Crippen MR) is 133 cm³/mol. The Morgan fingerprint density at radius 1 is 1.09 bits per heavy atom. The lowest BCUT2D eigenvalue weighted by Gasteiger charge is -2.18. The maximum absolute atomic E-state index is 11.8. The van der Waals surface area contributed by atoms with Crippen LogP contribution in [0.5, 0.6) is 0 Å². The average molecular weight is 443 g/mol. The molecule has 1 N–H and O–H groups in total. The molecule has 1 amide bonds. The van der Waals surface area contributed by atoms with E-state index in [4.69, 9.17) is 15.1 Å². The Hall–Kier alpha value is -3.61. The molecule has 0 bridgehead atoms. The van der Waals surface area contributed by atoms with Gasteiger partial charge in [-0.05, 0) is 56.2 Å². The van der Waals surface area contributed by atoms with Gasteiger partial charge < -0.3 is 5.32 Å². The van der Waals surface area contributed by atoms with Crippen molar-refractivity contribution in [3.8, 4) is 11.4 Å². The Morgan fingerprint density at radius 3 is 2.45 bits per heavy atom. The fourth-order valence-electron chi connectivity index (χ4n) is 3.70. The number of aromatic nitrogens is 3. The monoisotopic (exact) mass is 442 g/mol. The average Bonchev–Trinajstić information content (AvgIpc) is 3.30. The maximum Gasteiger partial charge on any atom is 0.224 e. The van der Waals surface area contributed by atoms with Crippen LogP contribution in [0.15, 0.2) is 52.6 Å². The van der Waals surface area contributed by atoms with Gasteiger partial charge in [-0.15, -0.1) is 9.89 Å². The first kappa shape index (κ1) is 22.6. The number of hydrogen-bond acceptors (Lipinski definition) is 5. The number of anilines is 1. The van der Waals surface area contributed by atoms with E-state index in [-0.39, 0.29) is 11.3 Å². The van der Waals surface area contributed by atoms with Gasteiger partial charge >= 0.3 is 0 Å². The van der Waals surface area contributed by atoms with Crippen molar-refractivity contribution in [1.82, 2.24) is 14.9 Å². The van der Waals surface area contributed by atoms with Gasteiger partial charge in [0, 0.05) is 23.1 Å². The largest absolute Gasteiger partial charge is 0.326 e. The Morgan fingerprint density at radius 2 is 1.82 bits per heavy atom. The molecular weight excluding hydrogens is 412 g/mol. The standard InChI is InChI=1S/C26H30N6O/c1-7-8-21(33)27-19-12-10-18(11-13-19)24-29-25-22(23(26(4,5)6)30-32(25)31-24)28-20-14-9-16(2)15-17(20)3/h9-15H,7-8H2,1-6H3,(H,27,33). The lowest BCUT2D eigenvalue weighted by atomic mass is 9.87. The zero-order valence-electron chi connectivity index (χ0n) is 20.1. The lowest BCUT2D eigenvalue weighted by molar-refractivity contribution is -0.116. The van der Waals surface area contributed by atoms with E-state index in [1.165, 1.54) is 5.56 Å². The van der Waals surface area contributed by atoms with Gasteiger partial charge in [-0.25, -0.2) is 9.98 Å². The molecule has 0 radical (unpaired) electrons. The Labute approximate surface area is 194 Å². The third-order valence-corrected chi connectivity index (χ3v) is 5.42. The third-order valence-electron chi connectivity index (χ3n) is 5.42. The van der Waals surface area contributed by atoms with Gasteiger partial charge in [0.1, 0.15) is 5.71 Å². The molecule has 1 aliphatic rings. The van der Waals surface area contributed by atoms with E-state index in [1.807, 2.05) is 37.3 Å². The molecule has 7 heteroatoms. The summed E-state index contributed by atoms with van der Waals surface area (Å²) in [5, 5.41) is 12.3. The minimum absolute atomic E-state index is 0.0145. The molecule has 1 aromatic heterocycles. The molecule has 0 fully saturated rings. The van der Waals surface area contributed by atoms with Gasteiger partial charge in [0.05, 0.1) is 11.4 Å². The number of carbonyl (C=O) groups excluding carboxylic acids is 1. The molecule has 170 valence electrons. The summed E-state index contributed by atoms with van der Waals surface area (Å²) in [5.41, 5.74) is 6.21. The van der Waals surface area contributed by atoms with E-state index in [9.17, 15) is 4.79 Å². The van der Waals surface area contributed by atoms with E-state index in [0.717, 1.165) is 40.3 Å². The molecule has 4 rings (SSSR count). The lowest BCUT2D eigenvalue weighted by Crippen LogP contribution is -2.27. The van der Waals surface area contributed by atoms with Gasteiger partial charge in [0.2, 0.25) is 11.7 Å². The van der Waals surface area contributed by atoms with Crippen LogP contribution in [0.3, 0.4) is 0 Å². The van der Waals surface area contributed by atoms with Gasteiger partial charge in [0.25, 0.3) is 0 Å².